The molecular weight excluding hydrogens is 220 g/mol. The van der Waals surface area contributed by atoms with Crippen LogP contribution in [0.3, 0.4) is 0 Å². The first-order chi connectivity index (χ1) is 8.16. The van der Waals surface area contributed by atoms with E-state index in [0.29, 0.717) is 23.5 Å². The predicted molar refractivity (Wildman–Crippen MR) is 62.2 cm³/mol. The molecule has 1 aliphatic rings. The first-order valence-corrected chi connectivity index (χ1v) is 5.61. The van der Waals surface area contributed by atoms with Crippen molar-refractivity contribution in [3.63, 3.8) is 0 Å². The smallest absolute Gasteiger partial charge is 0.337 e. The molecule has 1 saturated carbocycles. The summed E-state index contributed by atoms with van der Waals surface area (Å²) in [6, 6.07) is 4.95. The fourth-order valence-corrected chi connectivity index (χ4v) is 2.10. The summed E-state index contributed by atoms with van der Waals surface area (Å²) < 4.78 is 1.64. The number of fused-ring (bicyclic) bond motifs is 1. The van der Waals surface area contributed by atoms with Gasteiger partial charge in [-0.05, 0) is 30.9 Å². The number of benzene rings is 1. The van der Waals surface area contributed by atoms with Crippen LogP contribution < -0.4 is 5.69 Å². The van der Waals surface area contributed by atoms with Gasteiger partial charge in [-0.2, -0.15) is 0 Å². The molecule has 0 aliphatic heterocycles. The van der Waals surface area contributed by atoms with Crippen LogP contribution in [0.25, 0.3) is 11.0 Å². The van der Waals surface area contributed by atoms with Crippen LogP contribution in [0.15, 0.2) is 23.0 Å². The molecule has 1 aliphatic carbocycles. The lowest BCUT2D eigenvalue weighted by Gasteiger charge is -2.01. The number of carbonyl (C=O) groups is 1. The first kappa shape index (κ1) is 10.1. The Kier molecular flexibility index (Phi) is 2.07. The van der Waals surface area contributed by atoms with E-state index in [2.05, 4.69) is 4.98 Å². The minimum Gasteiger partial charge on any atom is -0.478 e. The SMILES string of the molecule is O=C(O)c1cccc2c1[nH]c(=O)n2CC1CC1. The molecule has 2 N–H and O–H groups in total. The van der Waals surface area contributed by atoms with E-state index >= 15 is 0 Å². The van der Waals surface area contributed by atoms with E-state index in [4.69, 9.17) is 5.11 Å². The van der Waals surface area contributed by atoms with Crippen molar-refractivity contribution in [1.29, 1.82) is 0 Å². The minimum atomic E-state index is -1.02. The van der Waals surface area contributed by atoms with Gasteiger partial charge < -0.3 is 10.1 Å². The van der Waals surface area contributed by atoms with Gasteiger partial charge >= 0.3 is 11.7 Å². The number of H-pyrrole nitrogens is 1. The molecule has 0 atom stereocenters. The van der Waals surface area contributed by atoms with Crippen LogP contribution in [0.4, 0.5) is 0 Å². The van der Waals surface area contributed by atoms with Crippen molar-refractivity contribution in [2.75, 3.05) is 0 Å². The van der Waals surface area contributed by atoms with Gasteiger partial charge in [0.15, 0.2) is 0 Å². The number of aromatic carboxylic acids is 1. The zero-order valence-electron chi connectivity index (χ0n) is 9.14. The Morgan fingerprint density at radius 1 is 1.47 bits per heavy atom. The molecular formula is C12H12N2O3. The third-order valence-electron chi connectivity index (χ3n) is 3.18. The van der Waals surface area contributed by atoms with Crippen molar-refractivity contribution in [2.24, 2.45) is 5.92 Å². The van der Waals surface area contributed by atoms with Crippen molar-refractivity contribution >= 4 is 17.0 Å². The fraction of sp³-hybridized carbons (Fsp3) is 0.333. The second-order valence-electron chi connectivity index (χ2n) is 4.49. The van der Waals surface area contributed by atoms with Gasteiger partial charge in [-0.1, -0.05) is 6.07 Å². The highest BCUT2D eigenvalue weighted by Crippen LogP contribution is 2.31. The Hall–Kier alpha value is -2.04. The van der Waals surface area contributed by atoms with Crippen LogP contribution >= 0.6 is 0 Å². The van der Waals surface area contributed by atoms with Crippen LogP contribution in [-0.2, 0) is 6.54 Å². The monoisotopic (exact) mass is 232 g/mol. The van der Waals surface area contributed by atoms with Gasteiger partial charge in [-0.3, -0.25) is 4.57 Å². The Morgan fingerprint density at radius 3 is 2.88 bits per heavy atom. The normalized spacial score (nSPS) is 15.3. The number of imidazole rings is 1. The third kappa shape index (κ3) is 1.63. The zero-order valence-corrected chi connectivity index (χ0v) is 9.14. The number of aromatic nitrogens is 2. The average Bonchev–Trinajstić information content (AvgIpc) is 3.04. The molecule has 0 amide bonds. The molecule has 0 unspecified atom stereocenters. The van der Waals surface area contributed by atoms with Gasteiger partial charge in [0, 0.05) is 6.54 Å². The van der Waals surface area contributed by atoms with Gasteiger partial charge in [0.05, 0.1) is 16.6 Å². The number of para-hydroxylation sites is 1. The van der Waals surface area contributed by atoms with Crippen molar-refractivity contribution in [3.8, 4) is 0 Å². The van der Waals surface area contributed by atoms with Gasteiger partial charge in [0.1, 0.15) is 0 Å². The minimum absolute atomic E-state index is 0.147. The van der Waals surface area contributed by atoms with Gasteiger partial charge in [-0.25, -0.2) is 9.59 Å². The van der Waals surface area contributed by atoms with Gasteiger partial charge in [0.25, 0.3) is 0 Å². The van der Waals surface area contributed by atoms with Crippen LogP contribution in [0.5, 0.6) is 0 Å². The lowest BCUT2D eigenvalue weighted by molar-refractivity contribution is 0.0699. The highest BCUT2D eigenvalue weighted by atomic mass is 16.4. The highest BCUT2D eigenvalue weighted by molar-refractivity contribution is 6.00. The van der Waals surface area contributed by atoms with Crippen LogP contribution in [0.2, 0.25) is 0 Å². The molecule has 0 bridgehead atoms. The molecule has 3 rings (SSSR count). The highest BCUT2D eigenvalue weighted by Gasteiger charge is 2.24. The number of nitrogens with zero attached hydrogens (tertiary/aromatic N) is 1. The quantitative estimate of drug-likeness (QED) is 0.840. The standard InChI is InChI=1S/C12H12N2O3/c15-11(16)8-2-1-3-9-10(8)13-12(17)14(9)6-7-4-5-7/h1-3,7H,4-6H2,(H,13,17)(H,15,16). The molecule has 1 aromatic carbocycles. The topological polar surface area (TPSA) is 75.1 Å². The van der Waals surface area contributed by atoms with Crippen LogP contribution in [0.1, 0.15) is 23.2 Å². The molecule has 1 fully saturated rings. The van der Waals surface area contributed by atoms with E-state index in [1.165, 1.54) is 6.07 Å². The summed E-state index contributed by atoms with van der Waals surface area (Å²) in [6.45, 7) is 0.682. The van der Waals surface area contributed by atoms with Crippen LogP contribution in [0, 0.1) is 5.92 Å². The van der Waals surface area contributed by atoms with E-state index in [0.717, 1.165) is 12.8 Å². The molecule has 0 saturated heterocycles. The second kappa shape index (κ2) is 3.48. The number of carboxylic acids is 1. The Balaban J connectivity index is 2.22. The predicted octanol–water partition coefficient (Wildman–Crippen LogP) is 1.44. The van der Waals surface area contributed by atoms with E-state index in [1.807, 2.05) is 0 Å². The van der Waals surface area contributed by atoms with Crippen molar-refractivity contribution < 1.29 is 9.90 Å². The zero-order chi connectivity index (χ0) is 12.0. The summed E-state index contributed by atoms with van der Waals surface area (Å²) in [4.78, 5) is 25.5. The molecule has 88 valence electrons. The number of hydrogen-bond acceptors (Lipinski definition) is 2. The summed E-state index contributed by atoms with van der Waals surface area (Å²) in [5, 5.41) is 9.05. The van der Waals surface area contributed by atoms with E-state index < -0.39 is 5.97 Å². The van der Waals surface area contributed by atoms with Gasteiger partial charge in [-0.15, -0.1) is 0 Å². The maximum absolute atomic E-state index is 11.8. The summed E-state index contributed by atoms with van der Waals surface area (Å²) in [7, 11) is 0. The number of nitrogens with one attached hydrogen (secondary N) is 1. The molecule has 0 spiro atoms. The first-order valence-electron chi connectivity index (χ1n) is 5.61. The third-order valence-corrected chi connectivity index (χ3v) is 3.18. The Bertz CT molecular complexity index is 649. The van der Waals surface area contributed by atoms with E-state index in [-0.39, 0.29) is 11.3 Å². The molecule has 0 radical (unpaired) electrons. The fourth-order valence-electron chi connectivity index (χ4n) is 2.10. The molecule has 5 heteroatoms. The average molecular weight is 232 g/mol. The van der Waals surface area contributed by atoms with Crippen molar-refractivity contribution in [2.45, 2.75) is 19.4 Å². The lowest BCUT2D eigenvalue weighted by Crippen LogP contribution is -2.17. The molecule has 2 aromatic rings. The number of rotatable bonds is 3. The lowest BCUT2D eigenvalue weighted by atomic mass is 10.2. The Labute approximate surface area is 96.7 Å². The molecule has 1 heterocycles. The Morgan fingerprint density at radius 2 is 2.24 bits per heavy atom. The maximum atomic E-state index is 11.8. The largest absolute Gasteiger partial charge is 0.478 e. The maximum Gasteiger partial charge on any atom is 0.337 e. The van der Waals surface area contributed by atoms with Crippen molar-refractivity contribution in [1.82, 2.24) is 9.55 Å². The summed E-state index contributed by atoms with van der Waals surface area (Å²) in [5.74, 6) is -0.449. The molecule has 1 aromatic heterocycles. The van der Waals surface area contributed by atoms with Gasteiger partial charge in [0.2, 0.25) is 0 Å². The molecule has 5 nitrogen and oxygen atoms in total. The summed E-state index contributed by atoms with van der Waals surface area (Å²) in [5.41, 5.74) is 1.03. The molecule has 17 heavy (non-hydrogen) atoms. The second-order valence-corrected chi connectivity index (χ2v) is 4.49. The summed E-state index contributed by atoms with van der Waals surface area (Å²) >= 11 is 0. The number of hydrogen-bond donors (Lipinski definition) is 2. The number of carboxylic acid groups (broad SMARTS) is 1. The van der Waals surface area contributed by atoms with Crippen LogP contribution in [-0.4, -0.2) is 20.6 Å². The van der Waals surface area contributed by atoms with Crippen molar-refractivity contribution in [3.05, 3.63) is 34.2 Å². The number of aromatic amines is 1. The van der Waals surface area contributed by atoms with E-state index in [9.17, 15) is 9.59 Å². The summed E-state index contributed by atoms with van der Waals surface area (Å²) in [6.07, 6.45) is 2.30. The van der Waals surface area contributed by atoms with E-state index in [1.54, 1.807) is 16.7 Å².